The Labute approximate surface area is 95.9 Å². The second-order valence-corrected chi connectivity index (χ2v) is 4.32. The van der Waals surface area contributed by atoms with E-state index in [0.29, 0.717) is 0 Å². The van der Waals surface area contributed by atoms with Crippen molar-refractivity contribution in [3.63, 3.8) is 0 Å². The lowest BCUT2D eigenvalue weighted by Crippen LogP contribution is -2.22. The standard InChI is InChI=1S/C12H18N2O2/c1-4-8-12(3,5-2)11-7-6-10(9-13-11)14(15)16/h6-7,9H,4-5,8H2,1-3H3. The van der Waals surface area contributed by atoms with Gasteiger partial charge in [0.05, 0.1) is 4.92 Å². The summed E-state index contributed by atoms with van der Waals surface area (Å²) in [7, 11) is 0. The van der Waals surface area contributed by atoms with E-state index < -0.39 is 4.92 Å². The van der Waals surface area contributed by atoms with Gasteiger partial charge in [-0.05, 0) is 18.9 Å². The molecule has 0 radical (unpaired) electrons. The lowest BCUT2D eigenvalue weighted by molar-refractivity contribution is -0.385. The number of nitro groups is 1. The molecule has 1 heterocycles. The molecule has 4 heteroatoms. The van der Waals surface area contributed by atoms with Crippen LogP contribution >= 0.6 is 0 Å². The van der Waals surface area contributed by atoms with Gasteiger partial charge in [0.1, 0.15) is 6.20 Å². The molecule has 0 aliphatic carbocycles. The molecule has 4 nitrogen and oxygen atoms in total. The predicted molar refractivity (Wildman–Crippen MR) is 63.4 cm³/mol. The smallest absolute Gasteiger partial charge is 0.258 e. The molecule has 0 aliphatic rings. The van der Waals surface area contributed by atoms with Crippen LogP contribution in [0.15, 0.2) is 18.3 Å². The van der Waals surface area contributed by atoms with Crippen LogP contribution < -0.4 is 0 Å². The first-order valence-corrected chi connectivity index (χ1v) is 5.64. The zero-order chi connectivity index (χ0) is 12.2. The molecular weight excluding hydrogens is 204 g/mol. The van der Waals surface area contributed by atoms with Gasteiger partial charge in [0, 0.05) is 17.2 Å². The Hall–Kier alpha value is -1.45. The lowest BCUT2D eigenvalue weighted by atomic mass is 9.79. The highest BCUT2D eigenvalue weighted by Crippen LogP contribution is 2.31. The Morgan fingerprint density at radius 3 is 2.50 bits per heavy atom. The van der Waals surface area contributed by atoms with Crippen LogP contribution in [0.1, 0.15) is 45.7 Å². The second-order valence-electron chi connectivity index (χ2n) is 4.32. The summed E-state index contributed by atoms with van der Waals surface area (Å²) in [6, 6.07) is 3.31. The van der Waals surface area contributed by atoms with E-state index in [9.17, 15) is 10.1 Å². The van der Waals surface area contributed by atoms with Gasteiger partial charge in [0.25, 0.3) is 5.69 Å². The molecule has 16 heavy (non-hydrogen) atoms. The van der Waals surface area contributed by atoms with Gasteiger partial charge in [-0.2, -0.15) is 0 Å². The van der Waals surface area contributed by atoms with Gasteiger partial charge in [-0.1, -0.05) is 27.2 Å². The molecule has 0 spiro atoms. The van der Waals surface area contributed by atoms with Gasteiger partial charge in [-0.15, -0.1) is 0 Å². The molecule has 0 saturated carbocycles. The van der Waals surface area contributed by atoms with E-state index in [-0.39, 0.29) is 11.1 Å². The van der Waals surface area contributed by atoms with Crippen LogP contribution in [0, 0.1) is 10.1 Å². The highest BCUT2D eigenvalue weighted by Gasteiger charge is 2.25. The summed E-state index contributed by atoms with van der Waals surface area (Å²) in [4.78, 5) is 14.3. The minimum Gasteiger partial charge on any atom is -0.258 e. The van der Waals surface area contributed by atoms with E-state index in [1.807, 2.05) is 0 Å². The first-order chi connectivity index (χ1) is 7.53. The van der Waals surface area contributed by atoms with Crippen molar-refractivity contribution in [1.29, 1.82) is 0 Å². The van der Waals surface area contributed by atoms with E-state index in [4.69, 9.17) is 0 Å². The van der Waals surface area contributed by atoms with Gasteiger partial charge < -0.3 is 0 Å². The molecule has 1 aromatic rings. The SMILES string of the molecule is CCCC(C)(CC)c1ccc([N+](=O)[O-])cn1. The summed E-state index contributed by atoms with van der Waals surface area (Å²) in [5.41, 5.74) is 1.03. The van der Waals surface area contributed by atoms with Crippen molar-refractivity contribution >= 4 is 5.69 Å². The zero-order valence-electron chi connectivity index (χ0n) is 10.1. The van der Waals surface area contributed by atoms with E-state index in [1.165, 1.54) is 12.3 Å². The molecule has 88 valence electrons. The fourth-order valence-corrected chi connectivity index (χ4v) is 1.89. The Morgan fingerprint density at radius 1 is 1.44 bits per heavy atom. The molecule has 0 bridgehead atoms. The third kappa shape index (κ3) is 2.56. The summed E-state index contributed by atoms with van der Waals surface area (Å²) in [5, 5.41) is 10.5. The van der Waals surface area contributed by atoms with Crippen molar-refractivity contribution in [2.45, 2.75) is 45.4 Å². The van der Waals surface area contributed by atoms with Crippen molar-refractivity contribution in [1.82, 2.24) is 4.98 Å². The second kappa shape index (κ2) is 5.05. The van der Waals surface area contributed by atoms with Crippen LogP contribution in [0.5, 0.6) is 0 Å². The summed E-state index contributed by atoms with van der Waals surface area (Å²) < 4.78 is 0. The summed E-state index contributed by atoms with van der Waals surface area (Å²) >= 11 is 0. The average Bonchev–Trinajstić information content (AvgIpc) is 2.29. The minimum absolute atomic E-state index is 0.0316. The number of hydrogen-bond acceptors (Lipinski definition) is 3. The van der Waals surface area contributed by atoms with Crippen molar-refractivity contribution in [2.75, 3.05) is 0 Å². The molecule has 1 atom stereocenters. The molecule has 1 aromatic heterocycles. The number of hydrogen-bond donors (Lipinski definition) is 0. The minimum atomic E-state index is -0.417. The molecule has 0 amide bonds. The molecule has 0 aromatic carbocycles. The molecule has 1 rings (SSSR count). The van der Waals surface area contributed by atoms with Crippen molar-refractivity contribution < 1.29 is 4.92 Å². The summed E-state index contributed by atoms with van der Waals surface area (Å²) in [5.74, 6) is 0. The van der Waals surface area contributed by atoms with Gasteiger partial charge >= 0.3 is 0 Å². The predicted octanol–water partition coefficient (Wildman–Crippen LogP) is 3.46. The van der Waals surface area contributed by atoms with Crippen molar-refractivity contribution in [2.24, 2.45) is 0 Å². The van der Waals surface area contributed by atoms with E-state index in [2.05, 4.69) is 25.8 Å². The van der Waals surface area contributed by atoms with Crippen LogP contribution in [0.25, 0.3) is 0 Å². The van der Waals surface area contributed by atoms with Crippen LogP contribution in [0.3, 0.4) is 0 Å². The normalized spacial score (nSPS) is 14.4. The van der Waals surface area contributed by atoms with Crippen LogP contribution in [0.4, 0.5) is 5.69 Å². The average molecular weight is 222 g/mol. The van der Waals surface area contributed by atoms with Crippen LogP contribution in [-0.4, -0.2) is 9.91 Å². The third-order valence-electron chi connectivity index (χ3n) is 3.16. The molecule has 0 saturated heterocycles. The summed E-state index contributed by atoms with van der Waals surface area (Å²) in [6.45, 7) is 6.42. The molecule has 0 aliphatic heterocycles. The first-order valence-electron chi connectivity index (χ1n) is 5.64. The quantitative estimate of drug-likeness (QED) is 0.566. The van der Waals surface area contributed by atoms with Crippen molar-refractivity contribution in [3.05, 3.63) is 34.1 Å². The third-order valence-corrected chi connectivity index (χ3v) is 3.16. The monoisotopic (exact) mass is 222 g/mol. The highest BCUT2D eigenvalue weighted by atomic mass is 16.6. The Morgan fingerprint density at radius 2 is 2.12 bits per heavy atom. The fourth-order valence-electron chi connectivity index (χ4n) is 1.89. The lowest BCUT2D eigenvalue weighted by Gasteiger charge is -2.26. The maximum Gasteiger partial charge on any atom is 0.287 e. The zero-order valence-corrected chi connectivity index (χ0v) is 10.1. The fraction of sp³-hybridized carbons (Fsp3) is 0.583. The molecular formula is C12H18N2O2. The largest absolute Gasteiger partial charge is 0.287 e. The van der Waals surface area contributed by atoms with E-state index >= 15 is 0 Å². The number of rotatable bonds is 5. The van der Waals surface area contributed by atoms with Gasteiger partial charge in [-0.3, -0.25) is 15.1 Å². The molecule has 0 fully saturated rings. The van der Waals surface area contributed by atoms with E-state index in [1.54, 1.807) is 6.07 Å². The van der Waals surface area contributed by atoms with Crippen LogP contribution in [-0.2, 0) is 5.41 Å². The Balaban J connectivity index is 2.99. The maximum absolute atomic E-state index is 10.5. The summed E-state index contributed by atoms with van der Waals surface area (Å²) in [6.07, 6.45) is 4.47. The maximum atomic E-state index is 10.5. The number of aromatic nitrogens is 1. The highest BCUT2D eigenvalue weighted by molar-refractivity contribution is 5.29. The van der Waals surface area contributed by atoms with Gasteiger partial charge in [0.15, 0.2) is 0 Å². The van der Waals surface area contributed by atoms with Gasteiger partial charge in [-0.25, -0.2) is 0 Å². The Bertz CT molecular complexity index is 362. The van der Waals surface area contributed by atoms with E-state index in [0.717, 1.165) is 25.0 Å². The van der Waals surface area contributed by atoms with Gasteiger partial charge in [0.2, 0.25) is 0 Å². The molecule has 1 unspecified atom stereocenters. The Kier molecular flexibility index (Phi) is 3.99. The topological polar surface area (TPSA) is 56.0 Å². The van der Waals surface area contributed by atoms with Crippen molar-refractivity contribution in [3.8, 4) is 0 Å². The number of pyridine rings is 1. The van der Waals surface area contributed by atoms with Crippen LogP contribution in [0.2, 0.25) is 0 Å². The molecule has 0 N–H and O–H groups in total. The number of nitrogens with zero attached hydrogens (tertiary/aromatic N) is 2. The first kappa shape index (κ1) is 12.6.